The molecule has 0 aromatic rings. The second-order valence-corrected chi connectivity index (χ2v) is 3.19. The Morgan fingerprint density at radius 3 is 2.20 bits per heavy atom. The van der Waals surface area contributed by atoms with Crippen LogP contribution >= 0.6 is 0 Å². The molecule has 10 heavy (non-hydrogen) atoms. The van der Waals surface area contributed by atoms with E-state index in [1.54, 1.807) is 19.9 Å². The molecular weight excluding hydrogens is 128 g/mol. The largest absolute Gasteiger partial charge is 0.396 e. The molecule has 2 heteroatoms. The van der Waals surface area contributed by atoms with Gasteiger partial charge in [-0.15, -0.1) is 6.58 Å². The molecule has 60 valence electrons. The molecule has 0 aliphatic carbocycles. The van der Waals surface area contributed by atoms with Crippen molar-refractivity contribution in [3.63, 3.8) is 0 Å². The van der Waals surface area contributed by atoms with Gasteiger partial charge in [0.25, 0.3) is 0 Å². The van der Waals surface area contributed by atoms with Gasteiger partial charge in [0.15, 0.2) is 0 Å². The number of aliphatic hydroxyl groups is 2. The molecule has 0 radical (unpaired) electrons. The van der Waals surface area contributed by atoms with Gasteiger partial charge >= 0.3 is 0 Å². The van der Waals surface area contributed by atoms with Gasteiger partial charge in [-0.1, -0.05) is 6.08 Å². The number of hydrogen-bond acceptors (Lipinski definition) is 2. The average molecular weight is 144 g/mol. The highest BCUT2D eigenvalue weighted by atomic mass is 16.3. The lowest BCUT2D eigenvalue weighted by Gasteiger charge is -2.20. The van der Waals surface area contributed by atoms with E-state index in [2.05, 4.69) is 6.58 Å². The molecular formula is C8H16O2. The topological polar surface area (TPSA) is 40.5 Å². The molecule has 0 aliphatic heterocycles. The van der Waals surface area contributed by atoms with Crippen LogP contribution < -0.4 is 0 Å². The zero-order valence-electron chi connectivity index (χ0n) is 6.67. The number of rotatable bonds is 4. The summed E-state index contributed by atoms with van der Waals surface area (Å²) in [6.07, 6.45) is 2.23. The molecule has 0 saturated carbocycles. The van der Waals surface area contributed by atoms with Crippen molar-refractivity contribution >= 4 is 0 Å². The second-order valence-electron chi connectivity index (χ2n) is 3.19. The van der Waals surface area contributed by atoms with E-state index in [0.29, 0.717) is 6.42 Å². The Hall–Kier alpha value is -0.340. The maximum Gasteiger partial charge on any atom is 0.0598 e. The SMILES string of the molecule is C=CC(CO)CC(C)(C)O. The Kier molecular flexibility index (Phi) is 3.61. The van der Waals surface area contributed by atoms with Crippen molar-refractivity contribution in [1.29, 1.82) is 0 Å². The Morgan fingerprint density at radius 1 is 1.60 bits per heavy atom. The van der Waals surface area contributed by atoms with Crippen LogP contribution in [0.15, 0.2) is 12.7 Å². The maximum absolute atomic E-state index is 9.29. The molecule has 1 atom stereocenters. The third kappa shape index (κ3) is 4.53. The summed E-state index contributed by atoms with van der Waals surface area (Å²) in [5.41, 5.74) is -0.707. The predicted molar refractivity (Wildman–Crippen MR) is 41.7 cm³/mol. The van der Waals surface area contributed by atoms with Crippen LogP contribution in [0.3, 0.4) is 0 Å². The van der Waals surface area contributed by atoms with Crippen molar-refractivity contribution < 1.29 is 10.2 Å². The van der Waals surface area contributed by atoms with Crippen LogP contribution in [0.25, 0.3) is 0 Å². The summed E-state index contributed by atoms with van der Waals surface area (Å²) >= 11 is 0. The van der Waals surface area contributed by atoms with Gasteiger partial charge in [0.2, 0.25) is 0 Å². The molecule has 0 fully saturated rings. The molecule has 0 bridgehead atoms. The van der Waals surface area contributed by atoms with Gasteiger partial charge in [-0.2, -0.15) is 0 Å². The minimum atomic E-state index is -0.707. The predicted octanol–water partition coefficient (Wildman–Crippen LogP) is 0.942. The smallest absolute Gasteiger partial charge is 0.0598 e. The Morgan fingerprint density at radius 2 is 2.10 bits per heavy atom. The van der Waals surface area contributed by atoms with Crippen LogP contribution in [0, 0.1) is 5.92 Å². The molecule has 2 N–H and O–H groups in total. The molecule has 2 nitrogen and oxygen atoms in total. The van der Waals surface area contributed by atoms with E-state index in [-0.39, 0.29) is 12.5 Å². The van der Waals surface area contributed by atoms with Crippen LogP contribution in [0.2, 0.25) is 0 Å². The normalized spacial score (nSPS) is 14.8. The minimum absolute atomic E-state index is 0.0139. The third-order valence-electron chi connectivity index (χ3n) is 1.33. The van der Waals surface area contributed by atoms with Crippen molar-refractivity contribution in [1.82, 2.24) is 0 Å². The van der Waals surface area contributed by atoms with Gasteiger partial charge in [-0.3, -0.25) is 0 Å². The van der Waals surface area contributed by atoms with Crippen molar-refractivity contribution in [3.8, 4) is 0 Å². The molecule has 0 aromatic carbocycles. The van der Waals surface area contributed by atoms with Crippen molar-refractivity contribution in [2.75, 3.05) is 6.61 Å². The van der Waals surface area contributed by atoms with Crippen molar-refractivity contribution in [2.45, 2.75) is 25.9 Å². The molecule has 0 amide bonds. The first-order valence-corrected chi connectivity index (χ1v) is 3.45. The molecule has 1 unspecified atom stereocenters. The summed E-state index contributed by atoms with van der Waals surface area (Å²) in [7, 11) is 0. The first-order chi connectivity index (χ1) is 4.49. The van der Waals surface area contributed by atoms with Crippen molar-refractivity contribution in [2.24, 2.45) is 5.92 Å². The fourth-order valence-corrected chi connectivity index (χ4v) is 0.864. The molecule has 0 spiro atoms. The zero-order valence-corrected chi connectivity index (χ0v) is 6.67. The Bertz CT molecular complexity index is 102. The first kappa shape index (κ1) is 9.66. The monoisotopic (exact) mass is 144 g/mol. The number of aliphatic hydroxyl groups excluding tert-OH is 1. The van der Waals surface area contributed by atoms with Crippen LogP contribution in [-0.2, 0) is 0 Å². The van der Waals surface area contributed by atoms with Crippen LogP contribution in [0.4, 0.5) is 0 Å². The summed E-state index contributed by atoms with van der Waals surface area (Å²) < 4.78 is 0. The number of hydrogen-bond donors (Lipinski definition) is 2. The van der Waals surface area contributed by atoms with Gasteiger partial charge < -0.3 is 10.2 Å². The summed E-state index contributed by atoms with van der Waals surface area (Å²) in [5, 5.41) is 18.0. The fraction of sp³-hybridized carbons (Fsp3) is 0.750. The van der Waals surface area contributed by atoms with Gasteiger partial charge in [-0.05, 0) is 20.3 Å². The lowest BCUT2D eigenvalue weighted by atomic mass is 9.94. The van der Waals surface area contributed by atoms with Crippen molar-refractivity contribution in [3.05, 3.63) is 12.7 Å². The highest BCUT2D eigenvalue weighted by Gasteiger charge is 2.16. The molecule has 0 aromatic heterocycles. The average Bonchev–Trinajstić information content (AvgIpc) is 1.81. The summed E-state index contributed by atoms with van der Waals surface area (Å²) in [6, 6.07) is 0. The summed E-state index contributed by atoms with van der Waals surface area (Å²) in [5.74, 6) is 0.0139. The van der Waals surface area contributed by atoms with E-state index < -0.39 is 5.60 Å². The third-order valence-corrected chi connectivity index (χ3v) is 1.33. The second kappa shape index (κ2) is 3.74. The van der Waals surface area contributed by atoms with Crippen LogP contribution in [-0.4, -0.2) is 22.4 Å². The zero-order chi connectivity index (χ0) is 8.20. The lowest BCUT2D eigenvalue weighted by molar-refractivity contribution is 0.0494. The summed E-state index contributed by atoms with van der Waals surface area (Å²) in [4.78, 5) is 0. The molecule has 0 aliphatic rings. The van der Waals surface area contributed by atoms with Crippen LogP contribution in [0.5, 0.6) is 0 Å². The molecule has 0 heterocycles. The fourth-order valence-electron chi connectivity index (χ4n) is 0.864. The lowest BCUT2D eigenvalue weighted by Crippen LogP contribution is -2.23. The van der Waals surface area contributed by atoms with E-state index in [1.165, 1.54) is 0 Å². The Balaban J connectivity index is 3.74. The maximum atomic E-state index is 9.29. The standard InChI is InChI=1S/C8H16O2/c1-4-7(6-9)5-8(2,3)10/h4,7,9-10H,1,5-6H2,2-3H3. The highest BCUT2D eigenvalue weighted by molar-refractivity contribution is 4.83. The molecule has 0 saturated heterocycles. The van der Waals surface area contributed by atoms with Gasteiger partial charge in [0.05, 0.1) is 5.60 Å². The first-order valence-electron chi connectivity index (χ1n) is 3.45. The Labute approximate surface area is 62.2 Å². The van der Waals surface area contributed by atoms with E-state index in [1.807, 2.05) is 0 Å². The van der Waals surface area contributed by atoms with Gasteiger partial charge in [0, 0.05) is 12.5 Å². The van der Waals surface area contributed by atoms with E-state index in [0.717, 1.165) is 0 Å². The van der Waals surface area contributed by atoms with E-state index in [9.17, 15) is 5.11 Å². The van der Waals surface area contributed by atoms with Crippen LogP contribution in [0.1, 0.15) is 20.3 Å². The summed E-state index contributed by atoms with van der Waals surface area (Å²) in [6.45, 7) is 7.05. The quantitative estimate of drug-likeness (QED) is 0.576. The van der Waals surface area contributed by atoms with Gasteiger partial charge in [0.1, 0.15) is 0 Å². The van der Waals surface area contributed by atoms with Gasteiger partial charge in [-0.25, -0.2) is 0 Å². The van der Waals surface area contributed by atoms with E-state index >= 15 is 0 Å². The minimum Gasteiger partial charge on any atom is -0.396 e. The van der Waals surface area contributed by atoms with E-state index in [4.69, 9.17) is 5.11 Å². The highest BCUT2D eigenvalue weighted by Crippen LogP contribution is 2.15. The molecule has 0 rings (SSSR count).